The zero-order valence-corrected chi connectivity index (χ0v) is 18.6. The molecule has 0 aromatic heterocycles. The van der Waals surface area contributed by atoms with Gasteiger partial charge in [0.15, 0.2) is 5.78 Å². The van der Waals surface area contributed by atoms with Gasteiger partial charge in [0.05, 0.1) is 31.0 Å². The molecule has 3 aliphatic rings. The lowest BCUT2D eigenvalue weighted by molar-refractivity contribution is -0.142. The number of imide groups is 1. The van der Waals surface area contributed by atoms with E-state index in [4.69, 9.17) is 4.74 Å². The number of methoxy groups -OCH3 is 1. The first-order chi connectivity index (χ1) is 13.7. The minimum atomic E-state index is -0.671. The number of anilines is 1. The summed E-state index contributed by atoms with van der Waals surface area (Å²) in [5, 5.41) is 0. The van der Waals surface area contributed by atoms with E-state index < -0.39 is 23.3 Å². The van der Waals surface area contributed by atoms with E-state index in [1.165, 1.54) is 4.90 Å². The number of nitrogens with zero attached hydrogens (tertiary/aromatic N) is 2. The minimum absolute atomic E-state index is 0.0195. The molecule has 0 radical (unpaired) electrons. The molecule has 2 fully saturated rings. The topological polar surface area (TPSA) is 66.9 Å². The average Bonchev–Trinajstić information content (AvgIpc) is 3.12. The molecule has 0 aliphatic carbocycles. The molecule has 1 aromatic carbocycles. The minimum Gasteiger partial charge on any atom is -0.383 e. The van der Waals surface area contributed by atoms with Gasteiger partial charge >= 0.3 is 0 Å². The Hall–Kier alpha value is -1.99. The number of Topliss-reactive ketones (excluding diaryl/α,β-unsaturated/α-hetero) is 1. The van der Waals surface area contributed by atoms with Crippen LogP contribution >= 0.6 is 15.9 Å². The number of halogens is 1. The smallest absolute Gasteiger partial charge is 0.235 e. The number of hydrogen-bond donors (Lipinski definition) is 0. The summed E-state index contributed by atoms with van der Waals surface area (Å²) in [4.78, 5) is 43.3. The highest BCUT2D eigenvalue weighted by Gasteiger charge is 2.64. The summed E-state index contributed by atoms with van der Waals surface area (Å²) in [5.74, 6) is -1.71. The van der Waals surface area contributed by atoms with Crippen LogP contribution in [0.4, 0.5) is 5.69 Å². The summed E-state index contributed by atoms with van der Waals surface area (Å²) in [5.41, 5.74) is 1.23. The number of ketones is 1. The van der Waals surface area contributed by atoms with Crippen molar-refractivity contribution in [3.8, 4) is 0 Å². The molecule has 6 nitrogen and oxygen atoms in total. The van der Waals surface area contributed by atoms with Crippen molar-refractivity contribution in [2.24, 2.45) is 17.3 Å². The molecule has 0 bridgehead atoms. The summed E-state index contributed by atoms with van der Waals surface area (Å²) >= 11 is 3.49. The zero-order chi connectivity index (χ0) is 21.1. The van der Waals surface area contributed by atoms with Crippen molar-refractivity contribution in [3.63, 3.8) is 0 Å². The van der Waals surface area contributed by atoms with E-state index in [2.05, 4.69) is 15.9 Å². The quantitative estimate of drug-likeness (QED) is 0.646. The van der Waals surface area contributed by atoms with Crippen LogP contribution in [0.15, 0.2) is 28.7 Å². The number of amides is 2. The molecule has 29 heavy (non-hydrogen) atoms. The maximum Gasteiger partial charge on any atom is 0.235 e. The second-order valence-corrected chi connectivity index (χ2v) is 9.81. The van der Waals surface area contributed by atoms with Gasteiger partial charge in [-0.2, -0.15) is 0 Å². The van der Waals surface area contributed by atoms with E-state index >= 15 is 0 Å². The number of likely N-dealkylation sites (tertiary alicyclic amines) is 1. The molecule has 0 saturated carbocycles. The van der Waals surface area contributed by atoms with Crippen molar-refractivity contribution in [1.82, 2.24) is 4.90 Å². The third-order valence-corrected chi connectivity index (χ3v) is 6.58. The lowest BCUT2D eigenvalue weighted by Gasteiger charge is -2.38. The van der Waals surface area contributed by atoms with E-state index in [-0.39, 0.29) is 36.8 Å². The van der Waals surface area contributed by atoms with Crippen molar-refractivity contribution in [3.05, 3.63) is 34.3 Å². The van der Waals surface area contributed by atoms with Crippen LogP contribution in [0.5, 0.6) is 0 Å². The van der Waals surface area contributed by atoms with Crippen molar-refractivity contribution in [2.75, 3.05) is 25.2 Å². The Balaban J connectivity index is 1.83. The Morgan fingerprint density at radius 1 is 1.17 bits per heavy atom. The van der Waals surface area contributed by atoms with Crippen molar-refractivity contribution < 1.29 is 19.1 Å². The summed E-state index contributed by atoms with van der Waals surface area (Å²) in [6, 6.07) is 4.89. The molecule has 2 amide bonds. The summed E-state index contributed by atoms with van der Waals surface area (Å²) in [6.45, 7) is 6.10. The van der Waals surface area contributed by atoms with E-state index in [1.54, 1.807) is 7.11 Å². The van der Waals surface area contributed by atoms with E-state index in [9.17, 15) is 14.4 Å². The number of benzene rings is 1. The number of hydrogen-bond acceptors (Lipinski definition) is 5. The Morgan fingerprint density at radius 3 is 2.52 bits per heavy atom. The van der Waals surface area contributed by atoms with Gasteiger partial charge in [0.2, 0.25) is 11.8 Å². The lowest BCUT2D eigenvalue weighted by Crippen LogP contribution is -2.51. The predicted octanol–water partition coefficient (Wildman–Crippen LogP) is 2.90. The summed E-state index contributed by atoms with van der Waals surface area (Å²) in [6.07, 6.45) is 3.95. The first kappa shape index (κ1) is 20.3. The monoisotopic (exact) mass is 460 g/mol. The highest BCUT2D eigenvalue weighted by Crippen LogP contribution is 2.50. The van der Waals surface area contributed by atoms with Crippen LogP contribution in [0.25, 0.3) is 6.08 Å². The number of carbonyl (C=O) groups excluding carboxylic acids is 3. The fourth-order valence-corrected chi connectivity index (χ4v) is 5.13. The largest absolute Gasteiger partial charge is 0.383 e. The lowest BCUT2D eigenvalue weighted by atomic mass is 9.79. The fourth-order valence-electron chi connectivity index (χ4n) is 4.75. The van der Waals surface area contributed by atoms with Crippen LogP contribution in [-0.2, 0) is 19.1 Å². The SMILES string of the molecule is COCCN1C(=O)[C@@H]2[C@H](C1=O)[C@@H](C(=O)C(C)(C)C)N1c3ccc(Br)cc3C=C[C@H]21. The molecule has 1 aromatic rings. The van der Waals surface area contributed by atoms with Gasteiger partial charge in [0, 0.05) is 22.7 Å². The molecule has 3 heterocycles. The third-order valence-electron chi connectivity index (χ3n) is 6.09. The molecule has 4 rings (SSSR count). The molecule has 0 N–H and O–H groups in total. The van der Waals surface area contributed by atoms with Crippen molar-refractivity contribution in [1.29, 1.82) is 0 Å². The van der Waals surface area contributed by atoms with Crippen LogP contribution in [0.1, 0.15) is 26.3 Å². The molecule has 0 spiro atoms. The van der Waals surface area contributed by atoms with Crippen LogP contribution in [0, 0.1) is 17.3 Å². The second kappa shape index (κ2) is 7.06. The predicted molar refractivity (Wildman–Crippen MR) is 113 cm³/mol. The number of ether oxygens (including phenoxy) is 1. The first-order valence-corrected chi connectivity index (χ1v) is 10.6. The van der Waals surface area contributed by atoms with Gasteiger partial charge in [-0.15, -0.1) is 0 Å². The zero-order valence-electron chi connectivity index (χ0n) is 17.0. The summed E-state index contributed by atoms with van der Waals surface area (Å²) < 4.78 is 6.01. The molecular weight excluding hydrogens is 436 g/mol. The van der Waals surface area contributed by atoms with Crippen LogP contribution in [0.2, 0.25) is 0 Å². The van der Waals surface area contributed by atoms with Crippen LogP contribution in [0.3, 0.4) is 0 Å². The maximum absolute atomic E-state index is 13.5. The molecule has 0 unspecified atom stereocenters. The molecule has 4 atom stereocenters. The summed E-state index contributed by atoms with van der Waals surface area (Å²) in [7, 11) is 1.54. The molecule has 3 aliphatic heterocycles. The highest BCUT2D eigenvalue weighted by atomic mass is 79.9. The van der Waals surface area contributed by atoms with Gasteiger partial charge < -0.3 is 9.64 Å². The standard InChI is InChI=1S/C22H25BrN2O4/c1-22(2,3)19(26)18-17-16(20(27)24(21(17)28)9-10-29-4)15-7-5-12-11-13(23)6-8-14(12)25(15)18/h5-8,11,15-18H,9-10H2,1-4H3/t15-,16+,17+,18+/m1/s1. The van der Waals surface area contributed by atoms with Gasteiger partial charge in [-0.1, -0.05) is 48.9 Å². The first-order valence-electron chi connectivity index (χ1n) is 9.81. The molecule has 154 valence electrons. The van der Waals surface area contributed by atoms with Gasteiger partial charge in [0.25, 0.3) is 0 Å². The van der Waals surface area contributed by atoms with Gasteiger partial charge in [0.1, 0.15) is 6.04 Å². The highest BCUT2D eigenvalue weighted by molar-refractivity contribution is 9.10. The van der Waals surface area contributed by atoms with Crippen LogP contribution < -0.4 is 4.90 Å². The Kier molecular flexibility index (Phi) is 4.94. The van der Waals surface area contributed by atoms with E-state index in [0.717, 1.165) is 15.7 Å². The fraction of sp³-hybridized carbons (Fsp3) is 0.500. The van der Waals surface area contributed by atoms with Gasteiger partial charge in [-0.3, -0.25) is 19.3 Å². The van der Waals surface area contributed by atoms with Gasteiger partial charge in [-0.05, 0) is 23.8 Å². The average molecular weight is 461 g/mol. The maximum atomic E-state index is 13.5. The Bertz CT molecular complexity index is 920. The third kappa shape index (κ3) is 3.06. The normalized spacial score (nSPS) is 27.9. The number of carbonyl (C=O) groups is 3. The van der Waals surface area contributed by atoms with Crippen molar-refractivity contribution in [2.45, 2.75) is 32.9 Å². The van der Waals surface area contributed by atoms with Crippen molar-refractivity contribution >= 4 is 45.3 Å². The van der Waals surface area contributed by atoms with E-state index in [1.807, 2.05) is 56.0 Å². The Labute approximate surface area is 179 Å². The van der Waals surface area contributed by atoms with E-state index in [0.29, 0.717) is 0 Å². The second-order valence-electron chi connectivity index (χ2n) is 8.89. The van der Waals surface area contributed by atoms with Crippen LogP contribution in [-0.4, -0.2) is 54.8 Å². The molecule has 2 saturated heterocycles. The molecular formula is C22H25BrN2O4. The molecule has 7 heteroatoms. The number of fused-ring (bicyclic) bond motifs is 5. The number of rotatable bonds is 4. The Morgan fingerprint density at radius 2 is 1.86 bits per heavy atom. The van der Waals surface area contributed by atoms with Gasteiger partial charge in [-0.25, -0.2) is 0 Å².